The first-order valence-electron chi connectivity index (χ1n) is 9.57. The fourth-order valence-corrected chi connectivity index (χ4v) is 3.01. The van der Waals surface area contributed by atoms with Crippen LogP contribution in [0.4, 0.5) is 16.2 Å². The molecule has 3 amide bonds. The lowest BCUT2D eigenvalue weighted by atomic mass is 10.2. The monoisotopic (exact) mass is 429 g/mol. The van der Waals surface area contributed by atoms with Crippen LogP contribution in [0.5, 0.6) is 17.4 Å². The maximum absolute atomic E-state index is 12.6. The van der Waals surface area contributed by atoms with Crippen LogP contribution in [0.2, 0.25) is 0 Å². The van der Waals surface area contributed by atoms with Crippen molar-refractivity contribution >= 4 is 34.2 Å². The van der Waals surface area contributed by atoms with Crippen LogP contribution in [0.3, 0.4) is 0 Å². The van der Waals surface area contributed by atoms with E-state index in [1.54, 1.807) is 36.4 Å². The first-order valence-corrected chi connectivity index (χ1v) is 9.57. The molecule has 160 valence electrons. The second kappa shape index (κ2) is 9.00. The maximum Gasteiger partial charge on any atom is 0.323 e. The highest BCUT2D eigenvalue weighted by Gasteiger charge is 2.12. The summed E-state index contributed by atoms with van der Waals surface area (Å²) in [5.74, 6) is 0.497. The van der Waals surface area contributed by atoms with Gasteiger partial charge in [-0.25, -0.2) is 9.78 Å². The first-order chi connectivity index (χ1) is 15.5. The number of fused-ring (bicyclic) bond motifs is 1. The minimum atomic E-state index is -0.652. The van der Waals surface area contributed by atoms with Crippen molar-refractivity contribution in [2.45, 2.75) is 0 Å². The molecule has 4 aromatic rings. The molecule has 9 nitrogen and oxygen atoms in total. The molecule has 0 aliphatic rings. The molecule has 4 N–H and O–H groups in total. The number of methoxy groups -OCH3 is 1. The van der Waals surface area contributed by atoms with E-state index in [2.05, 4.69) is 20.6 Å². The van der Waals surface area contributed by atoms with E-state index in [0.29, 0.717) is 28.8 Å². The number of aromatic nitrogens is 2. The maximum atomic E-state index is 12.6. The van der Waals surface area contributed by atoms with E-state index in [4.69, 9.17) is 15.2 Å². The molecule has 0 bridgehead atoms. The zero-order valence-electron chi connectivity index (χ0n) is 17.0. The number of urea groups is 1. The topological polar surface area (TPSA) is 128 Å². The van der Waals surface area contributed by atoms with Gasteiger partial charge in [0.1, 0.15) is 22.9 Å². The van der Waals surface area contributed by atoms with Gasteiger partial charge in [0.05, 0.1) is 12.6 Å². The quantitative estimate of drug-likeness (QED) is 0.422. The SMILES string of the molecule is COc1nc2ccccc2cc1NC(=O)Nc1cccc(Oc2ccnc(C(N)=O)c2)c1. The van der Waals surface area contributed by atoms with Crippen LogP contribution in [0, 0.1) is 0 Å². The smallest absolute Gasteiger partial charge is 0.323 e. The number of nitrogens with two attached hydrogens (primary N) is 1. The van der Waals surface area contributed by atoms with Gasteiger partial charge in [-0.1, -0.05) is 24.3 Å². The van der Waals surface area contributed by atoms with Crippen molar-refractivity contribution in [1.29, 1.82) is 0 Å². The van der Waals surface area contributed by atoms with E-state index >= 15 is 0 Å². The molecule has 0 fully saturated rings. The number of hydrogen-bond acceptors (Lipinski definition) is 6. The lowest BCUT2D eigenvalue weighted by Gasteiger charge is -2.12. The van der Waals surface area contributed by atoms with Gasteiger partial charge in [0.2, 0.25) is 5.88 Å². The number of hydrogen-bond donors (Lipinski definition) is 3. The molecule has 0 radical (unpaired) electrons. The predicted molar refractivity (Wildman–Crippen MR) is 120 cm³/mol. The molecule has 0 aliphatic heterocycles. The van der Waals surface area contributed by atoms with E-state index in [-0.39, 0.29) is 5.69 Å². The number of para-hydroxylation sites is 1. The van der Waals surface area contributed by atoms with E-state index < -0.39 is 11.9 Å². The van der Waals surface area contributed by atoms with Gasteiger partial charge in [0.25, 0.3) is 5.91 Å². The number of pyridine rings is 2. The Morgan fingerprint density at radius 2 is 1.75 bits per heavy atom. The number of anilines is 2. The Morgan fingerprint density at radius 3 is 2.56 bits per heavy atom. The van der Waals surface area contributed by atoms with Crippen LogP contribution in [0.25, 0.3) is 10.9 Å². The second-order valence-corrected chi connectivity index (χ2v) is 6.69. The lowest BCUT2D eigenvalue weighted by Crippen LogP contribution is -2.20. The molecule has 0 atom stereocenters. The minimum absolute atomic E-state index is 0.0918. The number of amides is 3. The number of carbonyl (C=O) groups is 2. The number of primary amides is 1. The number of nitrogens with zero attached hydrogens (tertiary/aromatic N) is 2. The van der Waals surface area contributed by atoms with Crippen LogP contribution < -0.4 is 25.8 Å². The van der Waals surface area contributed by atoms with E-state index in [9.17, 15) is 9.59 Å². The van der Waals surface area contributed by atoms with Crippen molar-refractivity contribution in [2.24, 2.45) is 5.73 Å². The molecule has 0 aliphatic carbocycles. The fraction of sp³-hybridized carbons (Fsp3) is 0.0435. The zero-order chi connectivity index (χ0) is 22.5. The van der Waals surface area contributed by atoms with Crippen molar-refractivity contribution in [3.63, 3.8) is 0 Å². The summed E-state index contributed by atoms with van der Waals surface area (Å²) in [6.45, 7) is 0. The van der Waals surface area contributed by atoms with Gasteiger partial charge in [-0.2, -0.15) is 0 Å². The first kappa shape index (κ1) is 20.6. The Balaban J connectivity index is 1.48. The van der Waals surface area contributed by atoms with Crippen LogP contribution in [-0.2, 0) is 0 Å². The van der Waals surface area contributed by atoms with Crippen LogP contribution in [0.15, 0.2) is 72.9 Å². The van der Waals surface area contributed by atoms with Gasteiger partial charge in [-0.05, 0) is 30.3 Å². The third-order valence-corrected chi connectivity index (χ3v) is 4.44. The second-order valence-electron chi connectivity index (χ2n) is 6.69. The van der Waals surface area contributed by atoms with E-state index in [1.807, 2.05) is 24.3 Å². The van der Waals surface area contributed by atoms with Crippen LogP contribution >= 0.6 is 0 Å². The molecule has 2 aromatic carbocycles. The molecule has 0 saturated carbocycles. The molecule has 0 saturated heterocycles. The average Bonchev–Trinajstić information content (AvgIpc) is 2.79. The Kier molecular flexibility index (Phi) is 5.80. The summed E-state index contributed by atoms with van der Waals surface area (Å²) in [5, 5.41) is 6.37. The molecule has 0 unspecified atom stereocenters. The Bertz CT molecular complexity index is 1310. The standard InChI is InChI=1S/C23H19N5O4/c1-31-22-20(11-14-5-2-3-8-18(14)27-22)28-23(30)26-15-6-4-7-16(12-15)32-17-9-10-25-19(13-17)21(24)29/h2-13H,1H3,(H2,24,29)(H2,26,28,30). The summed E-state index contributed by atoms with van der Waals surface area (Å²) in [5.41, 5.74) is 7.03. The Labute approximate surface area is 183 Å². The van der Waals surface area contributed by atoms with Gasteiger partial charge in [-0.15, -0.1) is 0 Å². The Hall–Kier alpha value is -4.66. The van der Waals surface area contributed by atoms with Crippen molar-refractivity contribution in [1.82, 2.24) is 9.97 Å². The third-order valence-electron chi connectivity index (χ3n) is 4.44. The van der Waals surface area contributed by atoms with Gasteiger partial charge in [-0.3, -0.25) is 9.78 Å². The molecule has 32 heavy (non-hydrogen) atoms. The molecular weight excluding hydrogens is 410 g/mol. The molecule has 4 rings (SSSR count). The summed E-state index contributed by atoms with van der Waals surface area (Å²) in [4.78, 5) is 32.1. The highest BCUT2D eigenvalue weighted by atomic mass is 16.5. The van der Waals surface area contributed by atoms with Crippen LogP contribution in [0.1, 0.15) is 10.5 Å². The summed E-state index contributed by atoms with van der Waals surface area (Å²) >= 11 is 0. The summed E-state index contributed by atoms with van der Waals surface area (Å²) in [6.07, 6.45) is 1.43. The number of carbonyl (C=O) groups excluding carboxylic acids is 2. The van der Waals surface area contributed by atoms with Gasteiger partial charge < -0.3 is 25.8 Å². The molecule has 2 heterocycles. The molecular formula is C23H19N5O4. The van der Waals surface area contributed by atoms with Crippen molar-refractivity contribution in [2.75, 3.05) is 17.7 Å². The summed E-state index contributed by atoms with van der Waals surface area (Å²) < 4.78 is 11.0. The Morgan fingerprint density at radius 1 is 0.938 bits per heavy atom. The lowest BCUT2D eigenvalue weighted by molar-refractivity contribution is 0.0995. The molecule has 0 spiro atoms. The summed E-state index contributed by atoms with van der Waals surface area (Å²) in [6, 6.07) is 18.7. The highest BCUT2D eigenvalue weighted by molar-refractivity contribution is 6.02. The number of nitrogens with one attached hydrogen (secondary N) is 2. The van der Waals surface area contributed by atoms with E-state index in [0.717, 1.165) is 10.9 Å². The fourth-order valence-electron chi connectivity index (χ4n) is 3.01. The zero-order valence-corrected chi connectivity index (χ0v) is 17.0. The van der Waals surface area contributed by atoms with E-state index in [1.165, 1.54) is 19.4 Å². The van der Waals surface area contributed by atoms with Gasteiger partial charge in [0, 0.05) is 29.4 Å². The van der Waals surface area contributed by atoms with Crippen molar-refractivity contribution in [3.05, 3.63) is 78.6 Å². The largest absolute Gasteiger partial charge is 0.479 e. The number of ether oxygens (including phenoxy) is 2. The van der Waals surface area contributed by atoms with Crippen molar-refractivity contribution < 1.29 is 19.1 Å². The highest BCUT2D eigenvalue weighted by Crippen LogP contribution is 2.28. The summed E-state index contributed by atoms with van der Waals surface area (Å²) in [7, 11) is 1.49. The minimum Gasteiger partial charge on any atom is -0.479 e. The normalized spacial score (nSPS) is 10.4. The molecule has 9 heteroatoms. The number of benzene rings is 2. The van der Waals surface area contributed by atoms with Gasteiger partial charge in [0.15, 0.2) is 0 Å². The average molecular weight is 429 g/mol. The van der Waals surface area contributed by atoms with Crippen LogP contribution in [-0.4, -0.2) is 29.0 Å². The van der Waals surface area contributed by atoms with Crippen molar-refractivity contribution in [3.8, 4) is 17.4 Å². The molecule has 2 aromatic heterocycles. The van der Waals surface area contributed by atoms with Gasteiger partial charge >= 0.3 is 6.03 Å². The third kappa shape index (κ3) is 4.73. The predicted octanol–water partition coefficient (Wildman–Crippen LogP) is 4.17. The number of rotatable bonds is 6.